The van der Waals surface area contributed by atoms with Crippen molar-refractivity contribution in [2.75, 3.05) is 0 Å². The lowest BCUT2D eigenvalue weighted by molar-refractivity contribution is -0.156. The first kappa shape index (κ1) is 15.9. The molecule has 0 aliphatic rings. The summed E-state index contributed by atoms with van der Waals surface area (Å²) in [5.74, 6) is -2.37. The Hall–Kier alpha value is -2.11. The number of ether oxygens (including phenoxy) is 1. The molecule has 0 heterocycles. The van der Waals surface area contributed by atoms with E-state index in [9.17, 15) is 19.1 Å². The number of rotatable bonds is 3. The lowest BCUT2D eigenvalue weighted by Crippen LogP contribution is -2.42. The molecule has 0 saturated carbocycles. The number of halogens is 1. The van der Waals surface area contributed by atoms with E-state index in [0.29, 0.717) is 0 Å². The molecule has 0 spiro atoms. The molecule has 0 radical (unpaired) electrons. The number of aromatic hydroxyl groups is 1. The van der Waals surface area contributed by atoms with Crippen molar-refractivity contribution in [2.24, 2.45) is 0 Å². The van der Waals surface area contributed by atoms with Gasteiger partial charge in [0.15, 0.2) is 0 Å². The molecule has 1 atom stereocenters. The first-order valence-corrected chi connectivity index (χ1v) is 6.12. The molecular formula is C14H18FNO4. The molecule has 0 aromatic heterocycles. The molecule has 0 bridgehead atoms. The third-order valence-electron chi connectivity index (χ3n) is 2.31. The average molecular weight is 283 g/mol. The summed E-state index contributed by atoms with van der Waals surface area (Å²) in [4.78, 5) is 23.6. The Balaban J connectivity index is 2.75. The zero-order chi connectivity index (χ0) is 15.5. The van der Waals surface area contributed by atoms with Gasteiger partial charge in [0.25, 0.3) is 5.91 Å². The fourth-order valence-corrected chi connectivity index (χ4v) is 1.41. The number of carbonyl (C=O) groups is 2. The summed E-state index contributed by atoms with van der Waals surface area (Å²) in [6.07, 6.45) is 0. The van der Waals surface area contributed by atoms with Gasteiger partial charge in [-0.2, -0.15) is 0 Å². The van der Waals surface area contributed by atoms with Crippen molar-refractivity contribution in [3.05, 3.63) is 29.6 Å². The monoisotopic (exact) mass is 283 g/mol. The van der Waals surface area contributed by atoms with Crippen LogP contribution in [0.3, 0.4) is 0 Å². The number of carbonyl (C=O) groups excluding carboxylic acids is 2. The number of amides is 1. The van der Waals surface area contributed by atoms with E-state index in [4.69, 9.17) is 4.74 Å². The van der Waals surface area contributed by atoms with E-state index in [1.165, 1.54) is 6.92 Å². The maximum Gasteiger partial charge on any atom is 0.328 e. The summed E-state index contributed by atoms with van der Waals surface area (Å²) in [5, 5.41) is 11.8. The van der Waals surface area contributed by atoms with Crippen LogP contribution in [0, 0.1) is 5.82 Å². The Kier molecular flexibility index (Phi) is 4.70. The first-order valence-electron chi connectivity index (χ1n) is 6.12. The van der Waals surface area contributed by atoms with Crippen molar-refractivity contribution in [3.8, 4) is 5.75 Å². The highest BCUT2D eigenvalue weighted by Crippen LogP contribution is 2.18. The Morgan fingerprint density at radius 2 is 1.95 bits per heavy atom. The highest BCUT2D eigenvalue weighted by Gasteiger charge is 2.24. The smallest absolute Gasteiger partial charge is 0.328 e. The Labute approximate surface area is 116 Å². The van der Waals surface area contributed by atoms with Crippen LogP contribution in [-0.4, -0.2) is 28.6 Å². The Morgan fingerprint density at radius 1 is 1.35 bits per heavy atom. The number of nitrogens with one attached hydrogen (secondary N) is 1. The van der Waals surface area contributed by atoms with Gasteiger partial charge in [0, 0.05) is 0 Å². The summed E-state index contributed by atoms with van der Waals surface area (Å²) in [5.41, 5.74) is -0.905. The number of benzene rings is 1. The molecular weight excluding hydrogens is 265 g/mol. The molecule has 1 rings (SSSR count). The predicted octanol–water partition coefficient (Wildman–Crippen LogP) is 1.99. The summed E-state index contributed by atoms with van der Waals surface area (Å²) in [6, 6.07) is 2.09. The first-order chi connectivity index (χ1) is 9.10. The second-order valence-corrected chi connectivity index (χ2v) is 5.39. The van der Waals surface area contributed by atoms with Crippen LogP contribution in [0.1, 0.15) is 38.1 Å². The molecule has 1 aromatic rings. The van der Waals surface area contributed by atoms with Crippen LogP contribution in [0.2, 0.25) is 0 Å². The fourth-order valence-electron chi connectivity index (χ4n) is 1.41. The minimum Gasteiger partial charge on any atom is -0.507 e. The van der Waals surface area contributed by atoms with Crippen LogP contribution in [0.4, 0.5) is 4.39 Å². The van der Waals surface area contributed by atoms with E-state index in [1.54, 1.807) is 20.8 Å². The molecule has 5 nitrogen and oxygen atoms in total. The van der Waals surface area contributed by atoms with Crippen LogP contribution in [0.25, 0.3) is 0 Å². The molecule has 2 N–H and O–H groups in total. The maximum absolute atomic E-state index is 13.0. The van der Waals surface area contributed by atoms with Crippen LogP contribution in [0.5, 0.6) is 5.75 Å². The summed E-state index contributed by atoms with van der Waals surface area (Å²) in [6.45, 7) is 6.57. The van der Waals surface area contributed by atoms with Gasteiger partial charge < -0.3 is 15.2 Å². The number of esters is 1. The van der Waals surface area contributed by atoms with E-state index < -0.39 is 29.3 Å². The van der Waals surface area contributed by atoms with Crippen LogP contribution in [-0.2, 0) is 9.53 Å². The quantitative estimate of drug-likeness (QED) is 0.832. The largest absolute Gasteiger partial charge is 0.507 e. The molecule has 1 amide bonds. The normalized spacial score (nSPS) is 12.7. The fraction of sp³-hybridized carbons (Fsp3) is 0.429. The molecule has 0 aliphatic heterocycles. The molecule has 110 valence electrons. The summed E-state index contributed by atoms with van der Waals surface area (Å²) >= 11 is 0. The van der Waals surface area contributed by atoms with Gasteiger partial charge in [-0.25, -0.2) is 9.18 Å². The van der Waals surface area contributed by atoms with Gasteiger partial charge in [-0.05, 0) is 45.9 Å². The van der Waals surface area contributed by atoms with Crippen molar-refractivity contribution in [1.82, 2.24) is 5.32 Å². The van der Waals surface area contributed by atoms with E-state index in [-0.39, 0.29) is 11.3 Å². The van der Waals surface area contributed by atoms with Gasteiger partial charge in [0.2, 0.25) is 0 Å². The van der Waals surface area contributed by atoms with Gasteiger partial charge >= 0.3 is 5.97 Å². The van der Waals surface area contributed by atoms with E-state index >= 15 is 0 Å². The van der Waals surface area contributed by atoms with Crippen LogP contribution < -0.4 is 5.32 Å². The number of hydrogen-bond acceptors (Lipinski definition) is 4. The molecule has 0 unspecified atom stereocenters. The second-order valence-electron chi connectivity index (χ2n) is 5.39. The topological polar surface area (TPSA) is 75.6 Å². The summed E-state index contributed by atoms with van der Waals surface area (Å²) < 4.78 is 18.1. The average Bonchev–Trinajstić information content (AvgIpc) is 2.29. The van der Waals surface area contributed by atoms with E-state index in [1.807, 2.05) is 0 Å². The van der Waals surface area contributed by atoms with Gasteiger partial charge in [0.05, 0.1) is 5.56 Å². The zero-order valence-electron chi connectivity index (χ0n) is 11.9. The molecule has 20 heavy (non-hydrogen) atoms. The molecule has 6 heteroatoms. The second kappa shape index (κ2) is 5.90. The van der Waals surface area contributed by atoms with Gasteiger partial charge in [-0.15, -0.1) is 0 Å². The summed E-state index contributed by atoms with van der Waals surface area (Å²) in [7, 11) is 0. The third kappa shape index (κ3) is 4.53. The third-order valence-corrected chi connectivity index (χ3v) is 2.31. The number of phenolic OH excluding ortho intramolecular Hbond substituents is 1. The van der Waals surface area contributed by atoms with Gasteiger partial charge in [-0.1, -0.05) is 0 Å². The Bertz CT molecular complexity index is 522. The highest BCUT2D eigenvalue weighted by atomic mass is 19.1. The highest BCUT2D eigenvalue weighted by molar-refractivity contribution is 5.98. The maximum atomic E-state index is 13.0. The van der Waals surface area contributed by atoms with Gasteiger partial charge in [-0.3, -0.25) is 4.79 Å². The lowest BCUT2D eigenvalue weighted by Gasteiger charge is -2.22. The standard InChI is InChI=1S/C14H18FNO4/c1-8(13(19)20-14(2,3)4)16-12(18)10-7-9(15)5-6-11(10)17/h5-8,17H,1-4H3,(H,16,18)/t8-/m0/s1. The number of phenols is 1. The number of hydrogen-bond donors (Lipinski definition) is 2. The van der Waals surface area contributed by atoms with Gasteiger partial charge in [0.1, 0.15) is 23.2 Å². The van der Waals surface area contributed by atoms with E-state index in [0.717, 1.165) is 18.2 Å². The SMILES string of the molecule is C[C@H](NC(=O)c1cc(F)ccc1O)C(=O)OC(C)(C)C. The minimum absolute atomic E-state index is 0.236. The Morgan fingerprint density at radius 3 is 2.50 bits per heavy atom. The molecule has 1 aromatic carbocycles. The molecule has 0 fully saturated rings. The van der Waals surface area contributed by atoms with Crippen LogP contribution in [0.15, 0.2) is 18.2 Å². The zero-order valence-corrected chi connectivity index (χ0v) is 11.9. The van der Waals surface area contributed by atoms with Crippen molar-refractivity contribution >= 4 is 11.9 Å². The molecule has 0 saturated heterocycles. The lowest BCUT2D eigenvalue weighted by atomic mass is 10.1. The van der Waals surface area contributed by atoms with Crippen molar-refractivity contribution in [2.45, 2.75) is 39.3 Å². The van der Waals surface area contributed by atoms with Crippen molar-refractivity contribution in [1.29, 1.82) is 0 Å². The predicted molar refractivity (Wildman–Crippen MR) is 70.8 cm³/mol. The molecule has 0 aliphatic carbocycles. The minimum atomic E-state index is -0.913. The van der Waals surface area contributed by atoms with Crippen LogP contribution >= 0.6 is 0 Å². The van der Waals surface area contributed by atoms with E-state index in [2.05, 4.69) is 5.32 Å². The van der Waals surface area contributed by atoms with Crippen molar-refractivity contribution < 1.29 is 23.8 Å². The van der Waals surface area contributed by atoms with Crippen molar-refractivity contribution in [3.63, 3.8) is 0 Å².